The molecule has 0 bridgehead atoms. The van der Waals surface area contributed by atoms with E-state index in [1.54, 1.807) is 26.6 Å². The molecule has 0 fully saturated rings. The number of aromatic nitrogens is 2. The maximum atomic E-state index is 6.28. The molecule has 1 heterocycles. The Kier molecular flexibility index (Phi) is 3.97. The van der Waals surface area contributed by atoms with Gasteiger partial charge < -0.3 is 15.2 Å². The Hall–Kier alpha value is -2.14. The fourth-order valence-electron chi connectivity index (χ4n) is 1.95. The van der Waals surface area contributed by atoms with Gasteiger partial charge >= 0.3 is 0 Å². The average Bonchev–Trinajstić information content (AvgIpc) is 2.46. The van der Waals surface area contributed by atoms with Gasteiger partial charge in [0.05, 0.1) is 20.3 Å². The molecule has 5 heteroatoms. The van der Waals surface area contributed by atoms with Crippen LogP contribution in [0.1, 0.15) is 22.9 Å². The molecule has 1 aromatic carbocycles. The number of aryl methyl sites for hydroxylation is 1. The van der Waals surface area contributed by atoms with Crippen molar-refractivity contribution in [3.8, 4) is 11.6 Å². The van der Waals surface area contributed by atoms with E-state index in [2.05, 4.69) is 9.97 Å². The van der Waals surface area contributed by atoms with E-state index in [0.717, 1.165) is 16.9 Å². The molecule has 2 N–H and O–H groups in total. The molecule has 0 aliphatic carbocycles. The molecule has 0 spiro atoms. The van der Waals surface area contributed by atoms with Crippen LogP contribution < -0.4 is 15.2 Å². The van der Waals surface area contributed by atoms with Crippen LogP contribution in [0, 0.1) is 6.92 Å². The van der Waals surface area contributed by atoms with Gasteiger partial charge in [0.25, 0.3) is 0 Å². The van der Waals surface area contributed by atoms with Crippen LogP contribution in [0.25, 0.3) is 0 Å². The zero-order valence-corrected chi connectivity index (χ0v) is 11.3. The zero-order chi connectivity index (χ0) is 13.8. The summed E-state index contributed by atoms with van der Waals surface area (Å²) in [5.41, 5.74) is 8.84. The number of methoxy groups -OCH3 is 2. The van der Waals surface area contributed by atoms with E-state index in [4.69, 9.17) is 15.2 Å². The smallest absolute Gasteiger partial charge is 0.237 e. The maximum absolute atomic E-state index is 6.28. The number of hydrogen-bond acceptors (Lipinski definition) is 5. The predicted molar refractivity (Wildman–Crippen MR) is 72.3 cm³/mol. The SMILES string of the molecule is COc1ccc(C)cc1C(N)c1nccnc1OC. The molecule has 1 aromatic heterocycles. The molecule has 19 heavy (non-hydrogen) atoms. The third-order valence-corrected chi connectivity index (χ3v) is 2.90. The van der Waals surface area contributed by atoms with Crippen molar-refractivity contribution in [3.05, 3.63) is 47.4 Å². The summed E-state index contributed by atoms with van der Waals surface area (Å²) in [5, 5.41) is 0. The van der Waals surface area contributed by atoms with Gasteiger partial charge in [-0.3, -0.25) is 4.98 Å². The Balaban J connectivity index is 2.49. The Morgan fingerprint density at radius 2 is 1.84 bits per heavy atom. The van der Waals surface area contributed by atoms with Gasteiger partial charge in [0, 0.05) is 18.0 Å². The predicted octanol–water partition coefficient (Wildman–Crippen LogP) is 1.85. The first-order valence-corrected chi connectivity index (χ1v) is 5.92. The van der Waals surface area contributed by atoms with E-state index in [1.807, 2.05) is 25.1 Å². The van der Waals surface area contributed by atoms with Crippen molar-refractivity contribution in [2.45, 2.75) is 13.0 Å². The third kappa shape index (κ3) is 2.66. The summed E-state index contributed by atoms with van der Waals surface area (Å²) in [4.78, 5) is 8.38. The Morgan fingerprint density at radius 1 is 1.11 bits per heavy atom. The second-order valence-electron chi connectivity index (χ2n) is 4.17. The summed E-state index contributed by atoms with van der Waals surface area (Å²) >= 11 is 0. The van der Waals surface area contributed by atoms with E-state index < -0.39 is 6.04 Å². The molecule has 2 aromatic rings. The largest absolute Gasteiger partial charge is 0.496 e. The topological polar surface area (TPSA) is 70.3 Å². The van der Waals surface area contributed by atoms with E-state index in [1.165, 1.54) is 0 Å². The van der Waals surface area contributed by atoms with Gasteiger partial charge in [-0.2, -0.15) is 0 Å². The lowest BCUT2D eigenvalue weighted by Crippen LogP contribution is -2.16. The molecule has 5 nitrogen and oxygen atoms in total. The molecule has 100 valence electrons. The van der Waals surface area contributed by atoms with Gasteiger partial charge in [-0.15, -0.1) is 0 Å². The zero-order valence-electron chi connectivity index (χ0n) is 11.3. The molecule has 2 rings (SSSR count). The van der Waals surface area contributed by atoms with Gasteiger partial charge in [0.1, 0.15) is 11.4 Å². The first-order valence-electron chi connectivity index (χ1n) is 5.92. The van der Waals surface area contributed by atoms with E-state index in [-0.39, 0.29) is 0 Å². The van der Waals surface area contributed by atoms with Crippen molar-refractivity contribution < 1.29 is 9.47 Å². The first kappa shape index (κ1) is 13.3. The molecule has 1 unspecified atom stereocenters. The minimum absolute atomic E-state index is 0.429. The van der Waals surface area contributed by atoms with Crippen LogP contribution in [-0.2, 0) is 0 Å². The summed E-state index contributed by atoms with van der Waals surface area (Å²) in [6.07, 6.45) is 3.17. The summed E-state index contributed by atoms with van der Waals surface area (Å²) in [7, 11) is 3.17. The van der Waals surface area contributed by atoms with Crippen LogP contribution in [0.2, 0.25) is 0 Å². The Labute approximate surface area is 112 Å². The first-order chi connectivity index (χ1) is 9.17. The van der Waals surface area contributed by atoms with Crippen molar-refractivity contribution in [2.24, 2.45) is 5.73 Å². The summed E-state index contributed by atoms with van der Waals surface area (Å²) in [6.45, 7) is 2.00. The lowest BCUT2D eigenvalue weighted by Gasteiger charge is -2.17. The molecule has 0 radical (unpaired) electrons. The van der Waals surface area contributed by atoms with Crippen LogP contribution in [0.4, 0.5) is 0 Å². The molecule has 0 aliphatic heterocycles. The van der Waals surface area contributed by atoms with E-state index in [9.17, 15) is 0 Å². The normalized spacial score (nSPS) is 12.0. The van der Waals surface area contributed by atoms with Gasteiger partial charge in [0.2, 0.25) is 5.88 Å². The monoisotopic (exact) mass is 259 g/mol. The van der Waals surface area contributed by atoms with Crippen LogP contribution in [-0.4, -0.2) is 24.2 Å². The second-order valence-corrected chi connectivity index (χ2v) is 4.17. The minimum Gasteiger partial charge on any atom is -0.496 e. The van der Waals surface area contributed by atoms with Gasteiger partial charge in [0.15, 0.2) is 0 Å². The molecule has 0 amide bonds. The number of nitrogens with zero attached hydrogens (tertiary/aromatic N) is 2. The third-order valence-electron chi connectivity index (χ3n) is 2.90. The highest BCUT2D eigenvalue weighted by Gasteiger charge is 2.20. The number of benzene rings is 1. The van der Waals surface area contributed by atoms with Crippen molar-refractivity contribution in [2.75, 3.05) is 14.2 Å². The van der Waals surface area contributed by atoms with E-state index in [0.29, 0.717) is 11.6 Å². The number of rotatable bonds is 4. The molecular formula is C14H17N3O2. The van der Waals surface area contributed by atoms with Crippen molar-refractivity contribution >= 4 is 0 Å². The van der Waals surface area contributed by atoms with Crippen molar-refractivity contribution in [1.82, 2.24) is 9.97 Å². The number of nitrogens with two attached hydrogens (primary N) is 1. The van der Waals surface area contributed by atoms with Gasteiger partial charge in [-0.25, -0.2) is 4.98 Å². The Morgan fingerprint density at radius 3 is 2.53 bits per heavy atom. The summed E-state index contributed by atoms with van der Waals surface area (Å²) in [5.74, 6) is 1.16. The minimum atomic E-state index is -0.446. The quantitative estimate of drug-likeness (QED) is 0.907. The standard InChI is InChI=1S/C14H17N3O2/c1-9-4-5-11(18-2)10(8-9)12(15)13-14(19-3)17-7-6-16-13/h4-8,12H,15H2,1-3H3. The van der Waals surface area contributed by atoms with Gasteiger partial charge in [-0.05, 0) is 13.0 Å². The van der Waals surface area contributed by atoms with Crippen LogP contribution in [0.5, 0.6) is 11.6 Å². The number of ether oxygens (including phenoxy) is 2. The lowest BCUT2D eigenvalue weighted by atomic mass is 10.0. The summed E-state index contributed by atoms with van der Waals surface area (Å²) in [6, 6.07) is 5.41. The highest BCUT2D eigenvalue weighted by Crippen LogP contribution is 2.31. The molecular weight excluding hydrogens is 242 g/mol. The lowest BCUT2D eigenvalue weighted by molar-refractivity contribution is 0.384. The summed E-state index contributed by atoms with van der Waals surface area (Å²) < 4.78 is 10.5. The fraction of sp³-hybridized carbons (Fsp3) is 0.286. The van der Waals surface area contributed by atoms with Crippen molar-refractivity contribution in [3.63, 3.8) is 0 Å². The highest BCUT2D eigenvalue weighted by molar-refractivity contribution is 5.43. The maximum Gasteiger partial charge on any atom is 0.237 e. The van der Waals surface area contributed by atoms with Crippen LogP contribution >= 0.6 is 0 Å². The van der Waals surface area contributed by atoms with Gasteiger partial charge in [-0.1, -0.05) is 17.7 Å². The average molecular weight is 259 g/mol. The molecule has 1 atom stereocenters. The highest BCUT2D eigenvalue weighted by atomic mass is 16.5. The van der Waals surface area contributed by atoms with E-state index >= 15 is 0 Å². The van der Waals surface area contributed by atoms with Crippen LogP contribution in [0.3, 0.4) is 0 Å². The second kappa shape index (κ2) is 5.67. The fourth-order valence-corrected chi connectivity index (χ4v) is 1.95. The molecule has 0 saturated carbocycles. The molecule has 0 saturated heterocycles. The van der Waals surface area contributed by atoms with Crippen molar-refractivity contribution in [1.29, 1.82) is 0 Å². The number of hydrogen-bond donors (Lipinski definition) is 1. The van der Waals surface area contributed by atoms with Crippen LogP contribution in [0.15, 0.2) is 30.6 Å². The molecule has 0 aliphatic rings. The Bertz CT molecular complexity index is 572.